The fourth-order valence-electron chi connectivity index (χ4n) is 2.73. The summed E-state index contributed by atoms with van der Waals surface area (Å²) in [6.45, 7) is -0.407. The van der Waals surface area contributed by atoms with E-state index >= 15 is 0 Å². The zero-order valence-corrected chi connectivity index (χ0v) is 22.4. The van der Waals surface area contributed by atoms with Crippen molar-refractivity contribution in [1.82, 2.24) is 10.5 Å². The first-order valence-corrected chi connectivity index (χ1v) is 12.1. The molecule has 200 valence electrons. The van der Waals surface area contributed by atoms with Crippen molar-refractivity contribution < 1.29 is 27.6 Å². The van der Waals surface area contributed by atoms with Crippen LogP contribution in [0.4, 0.5) is 24.5 Å². The number of aromatic nitrogens is 1. The monoisotopic (exact) mass is 626 g/mol. The fourth-order valence-corrected chi connectivity index (χ4v) is 3.87. The Hall–Kier alpha value is -2.73. The lowest BCUT2D eigenvalue weighted by Crippen LogP contribution is -2.27. The van der Waals surface area contributed by atoms with Gasteiger partial charge in [-0.3, -0.25) is 24.9 Å². The van der Waals surface area contributed by atoms with Gasteiger partial charge in [-0.05, 0) is 42.5 Å². The van der Waals surface area contributed by atoms with E-state index in [-0.39, 0.29) is 32.1 Å². The van der Waals surface area contributed by atoms with Gasteiger partial charge in [0.1, 0.15) is 12.2 Å². The van der Waals surface area contributed by atoms with E-state index in [9.17, 15) is 22.8 Å². The number of nitrogens with one attached hydrogen (secondary N) is 3. The molecule has 3 rings (SSSR count). The lowest BCUT2D eigenvalue weighted by atomic mass is 10.2. The van der Waals surface area contributed by atoms with Crippen LogP contribution in [0.25, 0.3) is 0 Å². The van der Waals surface area contributed by atoms with Gasteiger partial charge in [0.15, 0.2) is 0 Å². The standard InChI is InChI=1S/C23H14Cl5F3N4O3/c24-12-1-3-18(16(27)6-12)34-21(36)14(22(37)35-19-4-2-13(25)7-17(19)28)9-33-38-10-20-15(26)5-11(8-32-20)23(29,30)31/h1-9,33H,10H2,(H,34,36)(H,35,37). The number of hydroxylamine groups is 1. The van der Waals surface area contributed by atoms with Crippen molar-refractivity contribution in [3.8, 4) is 0 Å². The molecule has 0 aliphatic rings. The molecule has 15 heteroatoms. The van der Waals surface area contributed by atoms with Gasteiger partial charge in [-0.15, -0.1) is 0 Å². The maximum Gasteiger partial charge on any atom is 0.417 e. The fraction of sp³-hybridized carbons (Fsp3) is 0.0870. The Kier molecular flexibility index (Phi) is 10.1. The van der Waals surface area contributed by atoms with Crippen LogP contribution in [0.3, 0.4) is 0 Å². The average Bonchev–Trinajstić information content (AvgIpc) is 2.82. The smallest absolute Gasteiger partial charge is 0.320 e. The molecule has 2 aromatic carbocycles. The van der Waals surface area contributed by atoms with Gasteiger partial charge in [0.05, 0.1) is 37.7 Å². The van der Waals surface area contributed by atoms with Crippen molar-refractivity contribution in [2.75, 3.05) is 10.6 Å². The summed E-state index contributed by atoms with van der Waals surface area (Å²) < 4.78 is 38.4. The van der Waals surface area contributed by atoms with Crippen molar-refractivity contribution in [3.63, 3.8) is 0 Å². The molecular weight excluding hydrogens is 615 g/mol. The summed E-state index contributed by atoms with van der Waals surface area (Å²) in [6, 6.07) is 9.27. The largest absolute Gasteiger partial charge is 0.417 e. The van der Waals surface area contributed by atoms with Crippen LogP contribution < -0.4 is 16.1 Å². The predicted octanol–water partition coefficient (Wildman–Crippen LogP) is 7.55. The van der Waals surface area contributed by atoms with E-state index in [1.807, 2.05) is 0 Å². The van der Waals surface area contributed by atoms with Crippen LogP contribution in [0.15, 0.2) is 60.4 Å². The second-order valence-corrected chi connectivity index (χ2v) is 9.37. The Morgan fingerprint density at radius 1 is 0.842 bits per heavy atom. The molecule has 3 N–H and O–H groups in total. The number of halogens is 8. The molecule has 0 aliphatic heterocycles. The second-order valence-electron chi connectivity index (χ2n) is 7.27. The van der Waals surface area contributed by atoms with E-state index in [1.54, 1.807) is 0 Å². The first-order valence-electron chi connectivity index (χ1n) is 10.2. The average molecular weight is 629 g/mol. The number of hydrogen-bond donors (Lipinski definition) is 3. The highest BCUT2D eigenvalue weighted by molar-refractivity contribution is 6.38. The van der Waals surface area contributed by atoms with Crippen LogP contribution in [-0.4, -0.2) is 16.8 Å². The summed E-state index contributed by atoms with van der Waals surface area (Å²) in [4.78, 5) is 34.7. The van der Waals surface area contributed by atoms with E-state index in [4.69, 9.17) is 62.8 Å². The first kappa shape index (κ1) is 29.8. The molecule has 0 unspecified atom stereocenters. The van der Waals surface area contributed by atoms with Gasteiger partial charge in [-0.2, -0.15) is 13.2 Å². The SMILES string of the molecule is O=C(Nc1ccc(Cl)cc1Cl)C(=CNOCc1ncc(C(F)(F)F)cc1Cl)C(=O)Nc1ccc(Cl)cc1Cl. The van der Waals surface area contributed by atoms with Crippen molar-refractivity contribution in [2.45, 2.75) is 12.8 Å². The highest BCUT2D eigenvalue weighted by atomic mass is 35.5. The van der Waals surface area contributed by atoms with Gasteiger partial charge < -0.3 is 10.6 Å². The highest BCUT2D eigenvalue weighted by Gasteiger charge is 2.31. The minimum Gasteiger partial charge on any atom is -0.320 e. The molecule has 7 nitrogen and oxygen atoms in total. The molecule has 0 aliphatic carbocycles. The Morgan fingerprint density at radius 2 is 1.37 bits per heavy atom. The van der Waals surface area contributed by atoms with Crippen LogP contribution in [0, 0.1) is 0 Å². The summed E-state index contributed by atoms with van der Waals surface area (Å²) in [6.07, 6.45) is -3.11. The van der Waals surface area contributed by atoms with Gasteiger partial charge in [0.2, 0.25) is 0 Å². The predicted molar refractivity (Wildman–Crippen MR) is 140 cm³/mol. The number of anilines is 2. The zero-order valence-electron chi connectivity index (χ0n) is 18.6. The van der Waals surface area contributed by atoms with Crippen molar-refractivity contribution in [1.29, 1.82) is 0 Å². The molecular formula is C23H14Cl5F3N4O3. The zero-order chi connectivity index (χ0) is 28.0. The van der Waals surface area contributed by atoms with Gasteiger partial charge in [-0.25, -0.2) is 0 Å². The van der Waals surface area contributed by atoms with E-state index in [1.165, 1.54) is 36.4 Å². The van der Waals surface area contributed by atoms with Crippen molar-refractivity contribution >= 4 is 81.2 Å². The molecule has 38 heavy (non-hydrogen) atoms. The quantitative estimate of drug-likeness (QED) is 0.0788. The van der Waals surface area contributed by atoms with Gasteiger partial charge in [0, 0.05) is 22.4 Å². The molecule has 0 radical (unpaired) electrons. The maximum absolute atomic E-state index is 12.9. The Balaban J connectivity index is 1.78. The molecule has 0 atom stereocenters. The van der Waals surface area contributed by atoms with E-state index < -0.39 is 35.7 Å². The van der Waals surface area contributed by atoms with Gasteiger partial charge >= 0.3 is 6.18 Å². The summed E-state index contributed by atoms with van der Waals surface area (Å²) in [7, 11) is 0. The van der Waals surface area contributed by atoms with Crippen molar-refractivity contribution in [2.24, 2.45) is 0 Å². The van der Waals surface area contributed by atoms with E-state index in [2.05, 4.69) is 21.1 Å². The van der Waals surface area contributed by atoms with E-state index in [0.717, 1.165) is 6.20 Å². The second kappa shape index (κ2) is 12.9. The third-order valence-electron chi connectivity index (χ3n) is 4.59. The normalized spacial score (nSPS) is 11.1. The van der Waals surface area contributed by atoms with Crippen LogP contribution in [0.1, 0.15) is 11.3 Å². The maximum atomic E-state index is 12.9. The Labute approximate surface area is 238 Å². The van der Waals surface area contributed by atoms with Crippen LogP contribution in [-0.2, 0) is 27.2 Å². The number of pyridine rings is 1. The third kappa shape index (κ3) is 8.13. The molecule has 0 bridgehead atoms. The summed E-state index contributed by atoms with van der Waals surface area (Å²) in [5.74, 6) is -1.81. The number of carbonyl (C=O) groups is 2. The Morgan fingerprint density at radius 3 is 1.82 bits per heavy atom. The van der Waals surface area contributed by atoms with Crippen LogP contribution in [0.5, 0.6) is 0 Å². The summed E-state index contributed by atoms with van der Waals surface area (Å²) >= 11 is 29.8. The highest BCUT2D eigenvalue weighted by Crippen LogP contribution is 2.31. The molecule has 1 aromatic heterocycles. The topological polar surface area (TPSA) is 92.3 Å². The molecule has 3 aromatic rings. The minimum atomic E-state index is -4.62. The molecule has 0 fully saturated rings. The molecule has 0 saturated heterocycles. The number of hydrogen-bond acceptors (Lipinski definition) is 5. The Bertz CT molecular complexity index is 1340. The summed E-state index contributed by atoms with van der Waals surface area (Å²) in [5.41, 5.74) is 1.04. The first-order chi connectivity index (χ1) is 17.8. The number of rotatable bonds is 8. The molecule has 1 heterocycles. The van der Waals surface area contributed by atoms with Crippen LogP contribution in [0.2, 0.25) is 25.1 Å². The lowest BCUT2D eigenvalue weighted by Gasteiger charge is -2.13. The van der Waals surface area contributed by atoms with Gasteiger partial charge in [0.25, 0.3) is 11.8 Å². The number of nitrogens with zero attached hydrogens (tertiary/aromatic N) is 1. The molecule has 0 spiro atoms. The van der Waals surface area contributed by atoms with Crippen LogP contribution >= 0.6 is 58.0 Å². The molecule has 0 saturated carbocycles. The number of amides is 2. The minimum absolute atomic E-state index is 0.0306. The van der Waals surface area contributed by atoms with Gasteiger partial charge in [-0.1, -0.05) is 58.0 Å². The molecule has 2 amide bonds. The number of alkyl halides is 3. The number of benzene rings is 2. The third-order valence-corrected chi connectivity index (χ3v) is 6.01. The van der Waals surface area contributed by atoms with Crippen molar-refractivity contribution in [3.05, 3.63) is 96.8 Å². The summed E-state index contributed by atoms with van der Waals surface area (Å²) in [5, 5.41) is 5.51. The lowest BCUT2D eigenvalue weighted by molar-refractivity contribution is -0.137. The van der Waals surface area contributed by atoms with E-state index in [0.29, 0.717) is 22.3 Å². The number of carbonyl (C=O) groups excluding carboxylic acids is 2.